The van der Waals surface area contributed by atoms with Gasteiger partial charge in [0.05, 0.1) is 12.8 Å². The van der Waals surface area contributed by atoms with Crippen molar-refractivity contribution in [3.8, 4) is 0 Å². The minimum absolute atomic E-state index is 0.199. The third-order valence-electron chi connectivity index (χ3n) is 3.54. The minimum atomic E-state index is 0.199. The highest BCUT2D eigenvalue weighted by Gasteiger charge is 2.09. The number of nitrogens with zero attached hydrogens (tertiary/aromatic N) is 1. The molecule has 0 saturated carbocycles. The Morgan fingerprint density at radius 2 is 2.10 bits per heavy atom. The van der Waals surface area contributed by atoms with Crippen molar-refractivity contribution in [1.29, 1.82) is 0 Å². The smallest absolute Gasteiger partial charge is 0.123 e. The van der Waals surface area contributed by atoms with Crippen LogP contribution in [0.1, 0.15) is 30.7 Å². The number of hydrogen-bond donors (Lipinski definition) is 1. The highest BCUT2D eigenvalue weighted by atomic mass is 16.3. The van der Waals surface area contributed by atoms with Gasteiger partial charge in [-0.1, -0.05) is 6.07 Å². The van der Waals surface area contributed by atoms with Gasteiger partial charge in [0.15, 0.2) is 0 Å². The van der Waals surface area contributed by atoms with Gasteiger partial charge >= 0.3 is 0 Å². The number of benzene rings is 1. The number of furan rings is 1. The standard InChI is InChI=1S/C17H24N2O/c1-4-19(12-17-6-5-9-20-17)16-8-7-15(11-14(3)18)13(2)10-16/h5-10,14H,4,11-12,18H2,1-3H3. The molecule has 2 aromatic rings. The number of hydrogen-bond acceptors (Lipinski definition) is 3. The summed E-state index contributed by atoms with van der Waals surface area (Å²) in [6, 6.07) is 10.8. The van der Waals surface area contributed by atoms with E-state index in [-0.39, 0.29) is 6.04 Å². The average molecular weight is 272 g/mol. The van der Waals surface area contributed by atoms with Gasteiger partial charge < -0.3 is 15.1 Å². The molecule has 2 rings (SSSR count). The summed E-state index contributed by atoms with van der Waals surface area (Å²) in [5.41, 5.74) is 9.75. The van der Waals surface area contributed by atoms with Crippen molar-refractivity contribution in [3.63, 3.8) is 0 Å². The molecule has 108 valence electrons. The Morgan fingerprint density at radius 3 is 2.65 bits per heavy atom. The summed E-state index contributed by atoms with van der Waals surface area (Å²) in [6.07, 6.45) is 2.65. The molecule has 0 aliphatic rings. The summed E-state index contributed by atoms with van der Waals surface area (Å²) in [5.74, 6) is 0.990. The van der Waals surface area contributed by atoms with Gasteiger partial charge in [0.1, 0.15) is 5.76 Å². The third kappa shape index (κ3) is 3.64. The molecule has 0 aliphatic heterocycles. The summed E-state index contributed by atoms with van der Waals surface area (Å²) in [6.45, 7) is 8.11. The first-order valence-corrected chi connectivity index (χ1v) is 7.22. The van der Waals surface area contributed by atoms with Crippen LogP contribution in [0.25, 0.3) is 0 Å². The zero-order valence-electron chi connectivity index (χ0n) is 12.6. The van der Waals surface area contributed by atoms with Crippen molar-refractivity contribution in [2.24, 2.45) is 5.73 Å². The van der Waals surface area contributed by atoms with Gasteiger partial charge in [0, 0.05) is 18.3 Å². The molecular formula is C17H24N2O. The maximum absolute atomic E-state index is 5.88. The van der Waals surface area contributed by atoms with E-state index in [1.165, 1.54) is 16.8 Å². The fourth-order valence-electron chi connectivity index (χ4n) is 2.43. The van der Waals surface area contributed by atoms with Gasteiger partial charge in [-0.2, -0.15) is 0 Å². The first-order valence-electron chi connectivity index (χ1n) is 7.22. The maximum Gasteiger partial charge on any atom is 0.123 e. The van der Waals surface area contributed by atoms with Crippen molar-refractivity contribution < 1.29 is 4.42 Å². The predicted octanol–water partition coefficient (Wildman–Crippen LogP) is 3.50. The monoisotopic (exact) mass is 272 g/mol. The quantitative estimate of drug-likeness (QED) is 0.875. The van der Waals surface area contributed by atoms with E-state index >= 15 is 0 Å². The van der Waals surface area contributed by atoms with Crippen LogP contribution in [0.4, 0.5) is 5.69 Å². The summed E-state index contributed by atoms with van der Waals surface area (Å²) < 4.78 is 5.44. The zero-order chi connectivity index (χ0) is 14.5. The SMILES string of the molecule is CCN(Cc1ccco1)c1ccc(CC(C)N)c(C)c1. The van der Waals surface area contributed by atoms with E-state index in [0.717, 1.165) is 25.3 Å². The molecule has 0 amide bonds. The number of nitrogens with two attached hydrogens (primary N) is 1. The fourth-order valence-corrected chi connectivity index (χ4v) is 2.43. The fraction of sp³-hybridized carbons (Fsp3) is 0.412. The van der Waals surface area contributed by atoms with Gasteiger partial charge in [-0.05, 0) is 62.6 Å². The van der Waals surface area contributed by atoms with Crippen molar-refractivity contribution in [1.82, 2.24) is 0 Å². The topological polar surface area (TPSA) is 42.4 Å². The molecule has 3 heteroatoms. The van der Waals surface area contributed by atoms with Gasteiger partial charge in [0.25, 0.3) is 0 Å². The lowest BCUT2D eigenvalue weighted by Crippen LogP contribution is -2.22. The molecule has 1 aromatic heterocycles. The lowest BCUT2D eigenvalue weighted by atomic mass is 10.0. The molecule has 20 heavy (non-hydrogen) atoms. The predicted molar refractivity (Wildman–Crippen MR) is 84.0 cm³/mol. The molecule has 0 radical (unpaired) electrons. The highest BCUT2D eigenvalue weighted by molar-refractivity contribution is 5.51. The molecule has 0 aliphatic carbocycles. The van der Waals surface area contributed by atoms with Crippen LogP contribution in [0.15, 0.2) is 41.0 Å². The molecule has 0 bridgehead atoms. The van der Waals surface area contributed by atoms with Crippen molar-refractivity contribution in [2.75, 3.05) is 11.4 Å². The molecule has 0 saturated heterocycles. The van der Waals surface area contributed by atoms with Crippen LogP contribution in [0.5, 0.6) is 0 Å². The molecule has 3 nitrogen and oxygen atoms in total. The van der Waals surface area contributed by atoms with E-state index in [0.29, 0.717) is 0 Å². The van der Waals surface area contributed by atoms with Gasteiger partial charge in [-0.3, -0.25) is 0 Å². The van der Waals surface area contributed by atoms with Crippen LogP contribution in [-0.2, 0) is 13.0 Å². The minimum Gasteiger partial charge on any atom is -0.467 e. The van der Waals surface area contributed by atoms with E-state index in [4.69, 9.17) is 10.2 Å². The molecule has 1 unspecified atom stereocenters. The van der Waals surface area contributed by atoms with E-state index in [9.17, 15) is 0 Å². The molecule has 0 fully saturated rings. The Morgan fingerprint density at radius 1 is 1.30 bits per heavy atom. The van der Waals surface area contributed by atoms with E-state index in [1.807, 2.05) is 19.1 Å². The lowest BCUT2D eigenvalue weighted by Gasteiger charge is -2.23. The molecule has 1 atom stereocenters. The first-order chi connectivity index (χ1) is 9.60. The lowest BCUT2D eigenvalue weighted by molar-refractivity contribution is 0.503. The van der Waals surface area contributed by atoms with Gasteiger partial charge in [0.2, 0.25) is 0 Å². The van der Waals surface area contributed by atoms with Crippen LogP contribution < -0.4 is 10.6 Å². The zero-order valence-corrected chi connectivity index (χ0v) is 12.6. The molecule has 0 spiro atoms. The number of rotatable bonds is 6. The van der Waals surface area contributed by atoms with Gasteiger partial charge in [-0.15, -0.1) is 0 Å². The Hall–Kier alpha value is -1.74. The maximum atomic E-state index is 5.88. The second-order valence-corrected chi connectivity index (χ2v) is 5.39. The van der Waals surface area contributed by atoms with Crippen LogP contribution in [0.2, 0.25) is 0 Å². The van der Waals surface area contributed by atoms with Crippen LogP contribution in [0.3, 0.4) is 0 Å². The normalized spacial score (nSPS) is 12.4. The third-order valence-corrected chi connectivity index (χ3v) is 3.54. The summed E-state index contributed by atoms with van der Waals surface area (Å²) >= 11 is 0. The Labute approximate surface area is 121 Å². The highest BCUT2D eigenvalue weighted by Crippen LogP contribution is 2.22. The van der Waals surface area contributed by atoms with Crippen molar-refractivity contribution in [2.45, 2.75) is 39.8 Å². The average Bonchev–Trinajstić information content (AvgIpc) is 2.91. The van der Waals surface area contributed by atoms with Crippen LogP contribution >= 0.6 is 0 Å². The summed E-state index contributed by atoms with van der Waals surface area (Å²) in [4.78, 5) is 2.31. The first kappa shape index (κ1) is 14.7. The van der Waals surface area contributed by atoms with E-state index in [1.54, 1.807) is 6.26 Å². The molecule has 2 N–H and O–H groups in total. The van der Waals surface area contributed by atoms with Crippen LogP contribution in [0, 0.1) is 6.92 Å². The largest absolute Gasteiger partial charge is 0.467 e. The van der Waals surface area contributed by atoms with E-state index < -0.39 is 0 Å². The Kier molecular flexibility index (Phi) is 4.85. The van der Waals surface area contributed by atoms with Crippen molar-refractivity contribution >= 4 is 5.69 Å². The second-order valence-electron chi connectivity index (χ2n) is 5.39. The van der Waals surface area contributed by atoms with Crippen molar-refractivity contribution in [3.05, 3.63) is 53.5 Å². The second kappa shape index (κ2) is 6.62. The molecular weight excluding hydrogens is 248 g/mol. The summed E-state index contributed by atoms with van der Waals surface area (Å²) in [7, 11) is 0. The number of aryl methyl sites for hydroxylation is 1. The summed E-state index contributed by atoms with van der Waals surface area (Å²) in [5, 5.41) is 0. The number of anilines is 1. The molecule has 1 heterocycles. The Balaban J connectivity index is 2.16. The Bertz CT molecular complexity index is 532. The van der Waals surface area contributed by atoms with Gasteiger partial charge in [-0.25, -0.2) is 0 Å². The van der Waals surface area contributed by atoms with Crippen LogP contribution in [-0.4, -0.2) is 12.6 Å². The van der Waals surface area contributed by atoms with E-state index in [2.05, 4.69) is 36.9 Å². The molecule has 1 aromatic carbocycles.